The molecular weight excluding hydrogens is 180 g/mol. The van der Waals surface area contributed by atoms with Crippen molar-refractivity contribution in [1.82, 2.24) is 0 Å². The molecule has 0 aromatic carbocycles. The first-order valence-electron chi connectivity index (χ1n) is 3.60. The molecule has 1 atom stereocenters. The van der Waals surface area contributed by atoms with Gasteiger partial charge in [-0.3, -0.25) is 4.79 Å². The molecule has 0 aromatic heterocycles. The van der Waals surface area contributed by atoms with Crippen LogP contribution in [-0.4, -0.2) is 24.7 Å². The number of esters is 1. The van der Waals surface area contributed by atoms with Crippen molar-refractivity contribution in [1.29, 1.82) is 0 Å². The zero-order valence-electron chi connectivity index (χ0n) is 7.46. The van der Waals surface area contributed by atoms with E-state index in [9.17, 15) is 9.59 Å². The first kappa shape index (κ1) is 11.4. The minimum atomic E-state index is -0.656. The highest BCUT2D eigenvalue weighted by Crippen LogP contribution is 2.28. The lowest BCUT2D eigenvalue weighted by molar-refractivity contribution is -0.142. The van der Waals surface area contributed by atoms with Gasteiger partial charge in [-0.2, -0.15) is 0 Å². The van der Waals surface area contributed by atoms with Gasteiger partial charge in [0, 0.05) is 0 Å². The number of methoxy groups -OCH3 is 1. The SMILES string of the molecule is COC(=O)CC(C)(C)C(Cl)C=O. The van der Waals surface area contributed by atoms with Crippen molar-refractivity contribution in [3.05, 3.63) is 0 Å². The second kappa shape index (κ2) is 4.45. The minimum Gasteiger partial charge on any atom is -0.469 e. The van der Waals surface area contributed by atoms with E-state index < -0.39 is 10.8 Å². The predicted octanol–water partition coefficient (Wildman–Crippen LogP) is 1.38. The zero-order chi connectivity index (χ0) is 9.78. The topological polar surface area (TPSA) is 43.4 Å². The summed E-state index contributed by atoms with van der Waals surface area (Å²) in [5.41, 5.74) is -0.545. The molecule has 0 heterocycles. The number of carbonyl (C=O) groups excluding carboxylic acids is 2. The average Bonchev–Trinajstić information content (AvgIpc) is 2.02. The van der Waals surface area contributed by atoms with E-state index in [0.29, 0.717) is 6.29 Å². The number of alkyl halides is 1. The van der Waals surface area contributed by atoms with Gasteiger partial charge in [0.05, 0.1) is 18.9 Å². The molecule has 4 heteroatoms. The maximum atomic E-state index is 10.9. The molecule has 3 nitrogen and oxygen atoms in total. The summed E-state index contributed by atoms with van der Waals surface area (Å²) in [6.45, 7) is 3.49. The van der Waals surface area contributed by atoms with E-state index in [1.54, 1.807) is 13.8 Å². The quantitative estimate of drug-likeness (QED) is 0.384. The van der Waals surface area contributed by atoms with Crippen LogP contribution < -0.4 is 0 Å². The summed E-state index contributed by atoms with van der Waals surface area (Å²) < 4.78 is 4.47. The lowest BCUT2D eigenvalue weighted by atomic mass is 9.86. The van der Waals surface area contributed by atoms with Crippen LogP contribution in [0.1, 0.15) is 20.3 Å². The van der Waals surface area contributed by atoms with Gasteiger partial charge in [0.15, 0.2) is 0 Å². The van der Waals surface area contributed by atoms with Gasteiger partial charge in [-0.25, -0.2) is 0 Å². The third-order valence-corrected chi connectivity index (χ3v) is 2.39. The maximum absolute atomic E-state index is 10.9. The molecule has 0 saturated heterocycles. The highest BCUT2D eigenvalue weighted by Gasteiger charge is 2.30. The molecule has 0 aliphatic heterocycles. The van der Waals surface area contributed by atoms with Crippen LogP contribution >= 0.6 is 11.6 Å². The molecule has 0 saturated carbocycles. The lowest BCUT2D eigenvalue weighted by Crippen LogP contribution is -2.29. The van der Waals surface area contributed by atoms with Crippen molar-refractivity contribution in [3.8, 4) is 0 Å². The molecule has 0 rings (SSSR count). The largest absolute Gasteiger partial charge is 0.469 e. The van der Waals surface area contributed by atoms with Crippen LogP contribution in [0.2, 0.25) is 0 Å². The Morgan fingerprint density at radius 2 is 2.17 bits per heavy atom. The standard InChI is InChI=1S/C8H13ClO3/c1-8(2,6(9)5-10)4-7(11)12-3/h5-6H,4H2,1-3H3. The van der Waals surface area contributed by atoms with E-state index in [1.165, 1.54) is 7.11 Å². The van der Waals surface area contributed by atoms with Gasteiger partial charge in [0.25, 0.3) is 0 Å². The van der Waals surface area contributed by atoms with Crippen molar-refractivity contribution in [2.24, 2.45) is 5.41 Å². The summed E-state index contributed by atoms with van der Waals surface area (Å²) in [6, 6.07) is 0. The summed E-state index contributed by atoms with van der Waals surface area (Å²) in [7, 11) is 1.31. The number of aldehydes is 1. The van der Waals surface area contributed by atoms with Crippen LogP contribution in [-0.2, 0) is 14.3 Å². The van der Waals surface area contributed by atoms with Gasteiger partial charge >= 0.3 is 5.97 Å². The third kappa shape index (κ3) is 3.22. The van der Waals surface area contributed by atoms with Crippen LogP contribution in [0.5, 0.6) is 0 Å². The Kier molecular flexibility index (Phi) is 4.24. The Balaban J connectivity index is 4.20. The number of hydrogen-bond acceptors (Lipinski definition) is 3. The Hall–Kier alpha value is -0.570. The van der Waals surface area contributed by atoms with Gasteiger partial charge in [-0.05, 0) is 5.41 Å². The van der Waals surface area contributed by atoms with Gasteiger partial charge in [0.2, 0.25) is 0 Å². The van der Waals surface area contributed by atoms with Gasteiger partial charge < -0.3 is 9.53 Å². The number of hydrogen-bond donors (Lipinski definition) is 0. The monoisotopic (exact) mass is 192 g/mol. The molecule has 1 unspecified atom stereocenters. The smallest absolute Gasteiger partial charge is 0.306 e. The van der Waals surface area contributed by atoms with E-state index in [-0.39, 0.29) is 12.4 Å². The molecule has 0 aliphatic carbocycles. The molecule has 70 valence electrons. The molecule has 0 aliphatic rings. The van der Waals surface area contributed by atoms with Crippen molar-refractivity contribution in [3.63, 3.8) is 0 Å². The van der Waals surface area contributed by atoms with Crippen molar-refractivity contribution in [2.75, 3.05) is 7.11 Å². The lowest BCUT2D eigenvalue weighted by Gasteiger charge is -2.24. The Bertz CT molecular complexity index is 177. The van der Waals surface area contributed by atoms with Crippen LogP contribution in [0.3, 0.4) is 0 Å². The first-order valence-corrected chi connectivity index (χ1v) is 4.04. The van der Waals surface area contributed by atoms with Crippen LogP contribution in [0.4, 0.5) is 0 Å². The summed E-state index contributed by atoms with van der Waals surface area (Å²) >= 11 is 5.68. The van der Waals surface area contributed by atoms with Gasteiger partial charge in [0.1, 0.15) is 6.29 Å². The summed E-state index contributed by atoms with van der Waals surface area (Å²) in [5.74, 6) is -0.354. The molecular formula is C8H13ClO3. The van der Waals surface area contributed by atoms with Gasteiger partial charge in [-0.1, -0.05) is 13.8 Å². The van der Waals surface area contributed by atoms with E-state index in [1.807, 2.05) is 0 Å². The second-order valence-corrected chi connectivity index (χ2v) is 3.75. The van der Waals surface area contributed by atoms with Crippen LogP contribution in [0.15, 0.2) is 0 Å². The van der Waals surface area contributed by atoms with Gasteiger partial charge in [-0.15, -0.1) is 11.6 Å². The summed E-state index contributed by atoms with van der Waals surface area (Å²) in [4.78, 5) is 21.2. The normalized spacial score (nSPS) is 13.7. The van der Waals surface area contributed by atoms with Crippen molar-refractivity contribution in [2.45, 2.75) is 25.6 Å². The number of ether oxygens (including phenoxy) is 1. The summed E-state index contributed by atoms with van der Waals surface area (Å²) in [5, 5.41) is -0.656. The maximum Gasteiger partial charge on any atom is 0.306 e. The highest BCUT2D eigenvalue weighted by molar-refractivity contribution is 6.28. The zero-order valence-corrected chi connectivity index (χ0v) is 8.22. The fraction of sp³-hybridized carbons (Fsp3) is 0.750. The number of halogens is 1. The van der Waals surface area contributed by atoms with Crippen molar-refractivity contribution >= 4 is 23.9 Å². The molecule has 0 N–H and O–H groups in total. The Morgan fingerprint density at radius 3 is 2.50 bits per heavy atom. The molecule has 0 amide bonds. The van der Waals surface area contributed by atoms with Crippen LogP contribution in [0, 0.1) is 5.41 Å². The molecule has 0 bridgehead atoms. The minimum absolute atomic E-state index is 0.149. The summed E-state index contributed by atoms with van der Waals surface area (Å²) in [6.07, 6.45) is 0.779. The third-order valence-electron chi connectivity index (χ3n) is 1.69. The average molecular weight is 193 g/mol. The van der Waals surface area contributed by atoms with E-state index in [4.69, 9.17) is 11.6 Å². The number of rotatable bonds is 4. The van der Waals surface area contributed by atoms with E-state index in [0.717, 1.165) is 0 Å². The fourth-order valence-corrected chi connectivity index (χ4v) is 0.803. The Labute approximate surface area is 77.0 Å². The fourth-order valence-electron chi connectivity index (χ4n) is 0.726. The molecule has 0 aromatic rings. The highest BCUT2D eigenvalue weighted by atomic mass is 35.5. The number of carbonyl (C=O) groups is 2. The predicted molar refractivity (Wildman–Crippen MR) is 46.1 cm³/mol. The second-order valence-electron chi connectivity index (χ2n) is 3.28. The van der Waals surface area contributed by atoms with E-state index >= 15 is 0 Å². The Morgan fingerprint density at radius 1 is 1.67 bits per heavy atom. The van der Waals surface area contributed by atoms with E-state index in [2.05, 4.69) is 4.74 Å². The van der Waals surface area contributed by atoms with Crippen LogP contribution in [0.25, 0.3) is 0 Å². The molecule has 0 spiro atoms. The molecule has 12 heavy (non-hydrogen) atoms. The molecule has 0 fully saturated rings. The molecule has 0 radical (unpaired) electrons. The van der Waals surface area contributed by atoms with Crippen molar-refractivity contribution < 1.29 is 14.3 Å². The first-order chi connectivity index (χ1) is 5.44.